The number of thiocarbonyl (C=S) groups is 1. The molecule has 0 aliphatic heterocycles. The topological polar surface area (TPSA) is 72.2 Å². The Balaban J connectivity index is 2.87. The van der Waals surface area contributed by atoms with Crippen LogP contribution in [0.3, 0.4) is 0 Å². The van der Waals surface area contributed by atoms with Crippen molar-refractivity contribution in [1.82, 2.24) is 4.72 Å². The summed E-state index contributed by atoms with van der Waals surface area (Å²) >= 11 is 4.81. The van der Waals surface area contributed by atoms with Crippen molar-refractivity contribution in [3.63, 3.8) is 0 Å². The molecule has 0 radical (unpaired) electrons. The van der Waals surface area contributed by atoms with Gasteiger partial charge in [0, 0.05) is 6.04 Å². The molecule has 0 aromatic rings. The fraction of sp³-hybridized carbons (Fsp3) is 0.909. The van der Waals surface area contributed by atoms with Crippen LogP contribution in [-0.2, 0) is 10.0 Å². The van der Waals surface area contributed by atoms with E-state index in [2.05, 4.69) is 32.4 Å². The van der Waals surface area contributed by atoms with E-state index in [1.165, 1.54) is 0 Å². The summed E-state index contributed by atoms with van der Waals surface area (Å²) in [7, 11) is -3.47. The van der Waals surface area contributed by atoms with Crippen molar-refractivity contribution in [2.75, 3.05) is 0 Å². The summed E-state index contributed by atoms with van der Waals surface area (Å²) in [6.07, 6.45) is 0.401. The molecule has 1 atom stereocenters. The third-order valence-corrected chi connectivity index (χ3v) is 6.70. The zero-order valence-electron chi connectivity index (χ0n) is 11.1. The summed E-state index contributed by atoms with van der Waals surface area (Å²) < 4.78 is 27.0. The predicted molar refractivity (Wildman–Crippen MR) is 74.3 cm³/mol. The molecule has 3 N–H and O–H groups in total. The van der Waals surface area contributed by atoms with Crippen LogP contribution in [0.15, 0.2) is 0 Å². The minimum atomic E-state index is -3.47. The quantitative estimate of drug-likeness (QED) is 0.746. The molecule has 4 nitrogen and oxygen atoms in total. The van der Waals surface area contributed by atoms with Gasteiger partial charge < -0.3 is 5.73 Å². The summed E-state index contributed by atoms with van der Waals surface area (Å²) in [5, 5.41) is -0.773. The maximum atomic E-state index is 12.2. The number of hydrogen-bond acceptors (Lipinski definition) is 3. The minimum Gasteiger partial charge on any atom is -0.392 e. The standard InChI is InChI=1S/C11H22N2O2S2/c1-6-7(8(12)16)17(14,15)13-9-10(2,3)11(9,4)5/h7,9,13H,6H2,1-5H3,(H2,12,16). The van der Waals surface area contributed by atoms with Gasteiger partial charge in [0.05, 0.1) is 4.99 Å². The first-order chi connectivity index (χ1) is 7.48. The van der Waals surface area contributed by atoms with E-state index in [9.17, 15) is 8.42 Å². The Morgan fingerprint density at radius 3 is 2.00 bits per heavy atom. The first-order valence-corrected chi connectivity index (χ1v) is 7.74. The van der Waals surface area contributed by atoms with Crippen LogP contribution in [0.5, 0.6) is 0 Å². The van der Waals surface area contributed by atoms with Crippen LogP contribution in [0.4, 0.5) is 0 Å². The van der Waals surface area contributed by atoms with Crippen molar-refractivity contribution in [2.24, 2.45) is 16.6 Å². The summed E-state index contributed by atoms with van der Waals surface area (Å²) in [5.74, 6) is 0. The molecule has 1 saturated carbocycles. The maximum Gasteiger partial charge on any atom is 0.221 e. The summed E-state index contributed by atoms with van der Waals surface area (Å²) in [5.41, 5.74) is 5.41. The van der Waals surface area contributed by atoms with Crippen molar-refractivity contribution in [3.05, 3.63) is 0 Å². The highest BCUT2D eigenvalue weighted by atomic mass is 32.2. The molecular weight excluding hydrogens is 256 g/mol. The monoisotopic (exact) mass is 278 g/mol. The molecule has 0 saturated heterocycles. The lowest BCUT2D eigenvalue weighted by molar-refractivity contribution is 0.457. The van der Waals surface area contributed by atoms with Crippen LogP contribution in [0.1, 0.15) is 41.0 Å². The fourth-order valence-electron chi connectivity index (χ4n) is 2.31. The SMILES string of the molecule is CCC(C(N)=S)S(=O)(=O)NC1C(C)(C)C1(C)C. The van der Waals surface area contributed by atoms with Gasteiger partial charge in [0.15, 0.2) is 0 Å². The molecule has 0 aromatic carbocycles. The molecule has 1 fully saturated rings. The third kappa shape index (κ3) is 2.35. The Bertz CT molecular complexity index is 413. The molecule has 17 heavy (non-hydrogen) atoms. The van der Waals surface area contributed by atoms with Gasteiger partial charge in [-0.05, 0) is 17.3 Å². The van der Waals surface area contributed by atoms with E-state index in [-0.39, 0.29) is 21.9 Å². The van der Waals surface area contributed by atoms with Crippen LogP contribution < -0.4 is 10.5 Å². The number of sulfonamides is 1. The molecule has 1 rings (SSSR count). The molecule has 0 spiro atoms. The molecule has 6 heteroatoms. The molecule has 1 aliphatic rings. The molecule has 0 aromatic heterocycles. The van der Waals surface area contributed by atoms with E-state index >= 15 is 0 Å². The van der Waals surface area contributed by atoms with Gasteiger partial charge in [0.25, 0.3) is 0 Å². The number of nitrogens with one attached hydrogen (secondary N) is 1. The normalized spacial score (nSPS) is 24.3. The average Bonchev–Trinajstić information content (AvgIpc) is 2.47. The maximum absolute atomic E-state index is 12.2. The molecule has 100 valence electrons. The highest BCUT2D eigenvalue weighted by Crippen LogP contribution is 2.62. The van der Waals surface area contributed by atoms with Gasteiger partial charge >= 0.3 is 0 Å². The first kappa shape index (κ1) is 14.9. The smallest absolute Gasteiger partial charge is 0.221 e. The van der Waals surface area contributed by atoms with Gasteiger partial charge in [-0.1, -0.05) is 46.8 Å². The number of rotatable bonds is 5. The van der Waals surface area contributed by atoms with Gasteiger partial charge in [0.1, 0.15) is 5.25 Å². The van der Waals surface area contributed by atoms with E-state index in [1.54, 1.807) is 6.92 Å². The van der Waals surface area contributed by atoms with Gasteiger partial charge in [-0.15, -0.1) is 0 Å². The summed E-state index contributed by atoms with van der Waals surface area (Å²) in [6.45, 7) is 10.00. The van der Waals surface area contributed by atoms with E-state index in [0.717, 1.165) is 0 Å². The Morgan fingerprint density at radius 1 is 1.35 bits per heavy atom. The fourth-order valence-corrected chi connectivity index (χ4v) is 4.68. The lowest BCUT2D eigenvalue weighted by Crippen LogP contribution is -2.43. The van der Waals surface area contributed by atoms with Crippen molar-refractivity contribution in [1.29, 1.82) is 0 Å². The Morgan fingerprint density at radius 2 is 1.76 bits per heavy atom. The Hall–Kier alpha value is -0.200. The van der Waals surface area contributed by atoms with Crippen LogP contribution in [0.2, 0.25) is 0 Å². The van der Waals surface area contributed by atoms with Crippen LogP contribution in [-0.4, -0.2) is 24.7 Å². The Kier molecular flexibility index (Phi) is 3.65. The average molecular weight is 278 g/mol. The van der Waals surface area contributed by atoms with Gasteiger partial charge in [0.2, 0.25) is 10.0 Å². The Labute approximate surface area is 109 Å². The number of nitrogens with two attached hydrogens (primary N) is 1. The van der Waals surface area contributed by atoms with Gasteiger partial charge in [-0.25, -0.2) is 13.1 Å². The zero-order chi connectivity index (χ0) is 13.6. The second-order valence-electron chi connectivity index (χ2n) is 5.84. The molecular formula is C11H22N2O2S2. The molecule has 1 aliphatic carbocycles. The van der Waals surface area contributed by atoms with Crippen molar-refractivity contribution in [3.8, 4) is 0 Å². The van der Waals surface area contributed by atoms with E-state index < -0.39 is 15.3 Å². The van der Waals surface area contributed by atoms with Crippen LogP contribution in [0, 0.1) is 10.8 Å². The molecule has 0 heterocycles. The van der Waals surface area contributed by atoms with Gasteiger partial charge in [-0.2, -0.15) is 0 Å². The van der Waals surface area contributed by atoms with Crippen LogP contribution in [0.25, 0.3) is 0 Å². The van der Waals surface area contributed by atoms with E-state index in [0.29, 0.717) is 6.42 Å². The van der Waals surface area contributed by atoms with Crippen LogP contribution >= 0.6 is 12.2 Å². The molecule has 1 unspecified atom stereocenters. The second kappa shape index (κ2) is 4.17. The summed E-state index contributed by atoms with van der Waals surface area (Å²) in [6, 6.07) is -0.0524. The van der Waals surface area contributed by atoms with Crippen molar-refractivity contribution >= 4 is 27.2 Å². The van der Waals surface area contributed by atoms with Crippen molar-refractivity contribution < 1.29 is 8.42 Å². The van der Waals surface area contributed by atoms with E-state index in [4.69, 9.17) is 18.0 Å². The summed E-state index contributed by atoms with van der Waals surface area (Å²) in [4.78, 5) is 0.0382. The largest absolute Gasteiger partial charge is 0.392 e. The zero-order valence-corrected chi connectivity index (χ0v) is 12.7. The van der Waals surface area contributed by atoms with Gasteiger partial charge in [-0.3, -0.25) is 0 Å². The highest BCUT2D eigenvalue weighted by Gasteiger charge is 2.66. The molecule has 0 bridgehead atoms. The lowest BCUT2D eigenvalue weighted by Gasteiger charge is -2.16. The first-order valence-electron chi connectivity index (χ1n) is 5.79. The minimum absolute atomic E-state index is 0.0332. The number of hydrogen-bond donors (Lipinski definition) is 2. The van der Waals surface area contributed by atoms with E-state index in [1.807, 2.05) is 0 Å². The third-order valence-electron chi connectivity index (χ3n) is 4.37. The second-order valence-corrected chi connectivity index (χ2v) is 8.20. The molecule has 0 amide bonds. The lowest BCUT2D eigenvalue weighted by atomic mass is 10.0. The predicted octanol–water partition coefficient (Wildman–Crippen LogP) is 1.41. The van der Waals surface area contributed by atoms with Crippen molar-refractivity contribution in [2.45, 2.75) is 52.3 Å². The highest BCUT2D eigenvalue weighted by molar-refractivity contribution is 7.93.